The monoisotopic (exact) mass is 282 g/mol. The van der Waals surface area contributed by atoms with E-state index in [1.165, 1.54) is 0 Å². The summed E-state index contributed by atoms with van der Waals surface area (Å²) in [6.07, 6.45) is 0. The number of aromatic carboxylic acids is 1. The van der Waals surface area contributed by atoms with Gasteiger partial charge in [0.05, 0.1) is 10.6 Å². The van der Waals surface area contributed by atoms with Crippen LogP contribution in [0.2, 0.25) is 5.02 Å². The van der Waals surface area contributed by atoms with E-state index >= 15 is 0 Å². The lowest BCUT2D eigenvalue weighted by molar-refractivity contribution is 0.0697. The Labute approximate surface area is 118 Å². The second-order valence-electron chi connectivity index (χ2n) is 5.09. The molecule has 4 nitrogen and oxygen atoms in total. The van der Waals surface area contributed by atoms with Crippen LogP contribution in [0.15, 0.2) is 18.2 Å². The van der Waals surface area contributed by atoms with Crippen molar-refractivity contribution in [2.24, 2.45) is 0 Å². The number of hydrogen-bond acceptors (Lipinski definition) is 3. The summed E-state index contributed by atoms with van der Waals surface area (Å²) in [7, 11) is 0. The van der Waals surface area contributed by atoms with Crippen LogP contribution in [0.1, 0.15) is 24.2 Å². The van der Waals surface area contributed by atoms with Crippen LogP contribution in [-0.2, 0) is 0 Å². The quantitative estimate of drug-likeness (QED) is 0.925. The zero-order valence-corrected chi connectivity index (χ0v) is 12.0. The third kappa shape index (κ3) is 3.19. The maximum Gasteiger partial charge on any atom is 0.337 e. The van der Waals surface area contributed by atoms with E-state index in [2.05, 4.69) is 23.6 Å². The first-order chi connectivity index (χ1) is 8.99. The second kappa shape index (κ2) is 5.80. The molecule has 1 aliphatic rings. The molecule has 104 valence electrons. The first-order valence-electron chi connectivity index (χ1n) is 6.51. The van der Waals surface area contributed by atoms with E-state index in [-0.39, 0.29) is 5.56 Å². The molecule has 2 rings (SSSR count). The Balaban J connectivity index is 2.08. The molecule has 0 bridgehead atoms. The maximum absolute atomic E-state index is 10.9. The van der Waals surface area contributed by atoms with E-state index in [0.29, 0.717) is 11.1 Å². The van der Waals surface area contributed by atoms with Crippen molar-refractivity contribution in [2.45, 2.75) is 19.9 Å². The third-order valence-corrected chi connectivity index (χ3v) is 3.91. The van der Waals surface area contributed by atoms with Gasteiger partial charge in [-0.05, 0) is 32.0 Å². The van der Waals surface area contributed by atoms with Gasteiger partial charge >= 0.3 is 5.97 Å². The average Bonchev–Trinajstić information content (AvgIpc) is 2.38. The Morgan fingerprint density at radius 2 is 1.89 bits per heavy atom. The van der Waals surface area contributed by atoms with Gasteiger partial charge in [0.25, 0.3) is 0 Å². The zero-order valence-electron chi connectivity index (χ0n) is 11.3. The van der Waals surface area contributed by atoms with Crippen molar-refractivity contribution < 1.29 is 9.90 Å². The summed E-state index contributed by atoms with van der Waals surface area (Å²) in [6, 6.07) is 5.73. The summed E-state index contributed by atoms with van der Waals surface area (Å²) < 4.78 is 0. The molecule has 1 aliphatic heterocycles. The fourth-order valence-electron chi connectivity index (χ4n) is 2.37. The summed E-state index contributed by atoms with van der Waals surface area (Å²) >= 11 is 6.00. The van der Waals surface area contributed by atoms with Crippen LogP contribution in [0.5, 0.6) is 0 Å². The lowest BCUT2D eigenvalue weighted by atomic mass is 10.1. The van der Waals surface area contributed by atoms with Crippen LogP contribution in [0.3, 0.4) is 0 Å². The molecule has 0 spiro atoms. The average molecular weight is 283 g/mol. The van der Waals surface area contributed by atoms with Crippen molar-refractivity contribution in [3.63, 3.8) is 0 Å². The largest absolute Gasteiger partial charge is 0.478 e. The Hall–Kier alpha value is -1.26. The highest BCUT2D eigenvalue weighted by Crippen LogP contribution is 2.25. The minimum atomic E-state index is -0.985. The van der Waals surface area contributed by atoms with Gasteiger partial charge in [-0.25, -0.2) is 4.79 Å². The van der Waals surface area contributed by atoms with Crippen molar-refractivity contribution >= 4 is 23.3 Å². The molecule has 0 aliphatic carbocycles. The number of benzene rings is 1. The summed E-state index contributed by atoms with van der Waals surface area (Å²) in [4.78, 5) is 15.6. The molecule has 1 saturated heterocycles. The van der Waals surface area contributed by atoms with Crippen LogP contribution in [0.4, 0.5) is 5.69 Å². The van der Waals surface area contributed by atoms with Crippen molar-refractivity contribution in [1.82, 2.24) is 4.90 Å². The van der Waals surface area contributed by atoms with Gasteiger partial charge in [0.15, 0.2) is 0 Å². The van der Waals surface area contributed by atoms with Crippen LogP contribution in [-0.4, -0.2) is 48.2 Å². The highest BCUT2D eigenvalue weighted by molar-refractivity contribution is 6.33. The highest BCUT2D eigenvalue weighted by atomic mass is 35.5. The summed E-state index contributed by atoms with van der Waals surface area (Å²) in [5.41, 5.74) is 1.16. The number of piperazine rings is 1. The van der Waals surface area contributed by atoms with E-state index in [0.717, 1.165) is 31.9 Å². The molecule has 1 aromatic rings. The Kier molecular flexibility index (Phi) is 4.32. The van der Waals surface area contributed by atoms with Crippen molar-refractivity contribution in [3.05, 3.63) is 28.8 Å². The van der Waals surface area contributed by atoms with E-state index in [1.54, 1.807) is 12.1 Å². The van der Waals surface area contributed by atoms with Gasteiger partial charge in [-0.15, -0.1) is 0 Å². The SMILES string of the molecule is CC(C)N1CCN(c2ccc(C(=O)O)c(Cl)c2)CC1. The molecule has 1 heterocycles. The van der Waals surface area contributed by atoms with Crippen LogP contribution in [0, 0.1) is 0 Å². The second-order valence-corrected chi connectivity index (χ2v) is 5.49. The van der Waals surface area contributed by atoms with Crippen LogP contribution >= 0.6 is 11.6 Å². The molecule has 1 N–H and O–H groups in total. The molecule has 0 saturated carbocycles. The fourth-order valence-corrected chi connectivity index (χ4v) is 2.63. The Bertz CT molecular complexity index is 469. The lowest BCUT2D eigenvalue weighted by Gasteiger charge is -2.38. The topological polar surface area (TPSA) is 43.8 Å². The third-order valence-electron chi connectivity index (χ3n) is 3.59. The standard InChI is InChI=1S/C14H19ClN2O2/c1-10(2)16-5-7-17(8-6-16)11-3-4-12(14(18)19)13(15)9-11/h3-4,9-10H,5-8H2,1-2H3,(H,18,19). The van der Waals surface area contributed by atoms with Gasteiger partial charge in [0.1, 0.15) is 0 Å². The fraction of sp³-hybridized carbons (Fsp3) is 0.500. The summed E-state index contributed by atoms with van der Waals surface area (Å²) in [5, 5.41) is 9.26. The molecule has 0 amide bonds. The number of rotatable bonds is 3. The molecule has 5 heteroatoms. The number of carbonyl (C=O) groups is 1. The molecule has 0 atom stereocenters. The smallest absolute Gasteiger partial charge is 0.337 e. The van der Waals surface area contributed by atoms with Gasteiger partial charge in [0.2, 0.25) is 0 Å². The number of nitrogens with zero attached hydrogens (tertiary/aromatic N) is 2. The van der Waals surface area contributed by atoms with E-state index < -0.39 is 5.97 Å². The van der Waals surface area contributed by atoms with Gasteiger partial charge in [-0.3, -0.25) is 4.90 Å². The van der Waals surface area contributed by atoms with E-state index in [9.17, 15) is 4.79 Å². The van der Waals surface area contributed by atoms with Crippen molar-refractivity contribution in [2.75, 3.05) is 31.1 Å². The number of hydrogen-bond donors (Lipinski definition) is 1. The molecule has 0 aromatic heterocycles. The number of anilines is 1. The lowest BCUT2D eigenvalue weighted by Crippen LogP contribution is -2.48. The minimum Gasteiger partial charge on any atom is -0.478 e. The molecule has 0 unspecified atom stereocenters. The zero-order chi connectivity index (χ0) is 14.0. The van der Waals surface area contributed by atoms with Crippen molar-refractivity contribution in [3.8, 4) is 0 Å². The number of carboxylic acids is 1. The van der Waals surface area contributed by atoms with Gasteiger partial charge in [0, 0.05) is 37.9 Å². The highest BCUT2D eigenvalue weighted by Gasteiger charge is 2.20. The first-order valence-corrected chi connectivity index (χ1v) is 6.88. The molecule has 1 fully saturated rings. The summed E-state index contributed by atoms with van der Waals surface area (Å²) in [6.45, 7) is 8.34. The van der Waals surface area contributed by atoms with Crippen molar-refractivity contribution in [1.29, 1.82) is 0 Å². The Morgan fingerprint density at radius 3 is 2.37 bits per heavy atom. The molecular weight excluding hydrogens is 264 g/mol. The molecule has 0 radical (unpaired) electrons. The van der Waals surface area contributed by atoms with Crippen LogP contribution < -0.4 is 4.90 Å². The normalized spacial score (nSPS) is 16.9. The van der Waals surface area contributed by atoms with E-state index in [1.807, 2.05) is 6.07 Å². The predicted molar refractivity (Wildman–Crippen MR) is 77.3 cm³/mol. The Morgan fingerprint density at radius 1 is 1.26 bits per heavy atom. The first kappa shape index (κ1) is 14.2. The minimum absolute atomic E-state index is 0.159. The predicted octanol–water partition coefficient (Wildman–Crippen LogP) is 2.57. The van der Waals surface area contributed by atoms with Gasteiger partial charge in [-0.2, -0.15) is 0 Å². The van der Waals surface area contributed by atoms with Crippen LogP contribution in [0.25, 0.3) is 0 Å². The summed E-state index contributed by atoms with van der Waals surface area (Å²) in [5.74, 6) is -0.985. The molecule has 1 aromatic carbocycles. The van der Waals surface area contributed by atoms with Gasteiger partial charge < -0.3 is 10.0 Å². The van der Waals surface area contributed by atoms with Gasteiger partial charge in [-0.1, -0.05) is 11.6 Å². The molecule has 19 heavy (non-hydrogen) atoms. The molecular formula is C14H19ClN2O2. The maximum atomic E-state index is 10.9. The van der Waals surface area contributed by atoms with E-state index in [4.69, 9.17) is 16.7 Å². The number of carboxylic acid groups (broad SMARTS) is 1. The number of halogens is 1.